The summed E-state index contributed by atoms with van der Waals surface area (Å²) in [5, 5.41) is 14.9. The standard InChI is InChI=1S/C52H30OS/c1-2-15-33-31(14-1)28-43(36-17-4-3-16-35(33)36)49-37-18-5-7-20-39(37)50(40-21-8-6-19-38(40)49)44-29-32(30-46-51(44)41-22-9-11-25-45(41)53-46)34-24-13-27-48-52(34)42-23-10-12-26-47(42)54-48/h1-30H. The third kappa shape index (κ3) is 4.20. The number of hydrogen-bond acceptors (Lipinski definition) is 2. The van der Waals surface area contributed by atoms with Crippen molar-refractivity contribution in [1.82, 2.24) is 0 Å². The molecule has 0 aliphatic rings. The molecule has 0 N–H and O–H groups in total. The Balaban J connectivity index is 1.25. The Kier molecular flexibility index (Phi) is 6.28. The molecule has 0 spiro atoms. The van der Waals surface area contributed by atoms with Gasteiger partial charge < -0.3 is 4.42 Å². The van der Waals surface area contributed by atoms with E-state index >= 15 is 0 Å². The monoisotopic (exact) mass is 702 g/mol. The normalized spacial score (nSPS) is 12.1. The largest absolute Gasteiger partial charge is 0.456 e. The van der Waals surface area contributed by atoms with E-state index in [1.807, 2.05) is 11.3 Å². The molecule has 0 aliphatic heterocycles. The van der Waals surface area contributed by atoms with Crippen molar-refractivity contribution < 1.29 is 4.42 Å². The van der Waals surface area contributed by atoms with Crippen molar-refractivity contribution in [3.05, 3.63) is 182 Å². The summed E-state index contributed by atoms with van der Waals surface area (Å²) in [4.78, 5) is 0. The van der Waals surface area contributed by atoms with E-state index in [0.29, 0.717) is 0 Å². The first kappa shape index (κ1) is 29.8. The van der Waals surface area contributed by atoms with Gasteiger partial charge in [-0.15, -0.1) is 11.3 Å². The lowest BCUT2D eigenvalue weighted by atomic mass is 9.82. The molecule has 54 heavy (non-hydrogen) atoms. The van der Waals surface area contributed by atoms with Crippen LogP contribution in [0.4, 0.5) is 0 Å². The van der Waals surface area contributed by atoms with Crippen LogP contribution in [0.2, 0.25) is 0 Å². The summed E-state index contributed by atoms with van der Waals surface area (Å²) in [6.07, 6.45) is 0. The average molecular weight is 703 g/mol. The van der Waals surface area contributed by atoms with Crippen LogP contribution in [0.25, 0.3) is 119 Å². The number of benzene rings is 10. The minimum Gasteiger partial charge on any atom is -0.456 e. The molecule has 0 amide bonds. The van der Waals surface area contributed by atoms with Gasteiger partial charge in [-0.2, -0.15) is 0 Å². The minimum absolute atomic E-state index is 0.901. The lowest BCUT2D eigenvalue weighted by Crippen LogP contribution is -1.93. The van der Waals surface area contributed by atoms with Gasteiger partial charge in [0, 0.05) is 30.9 Å². The molecule has 12 aromatic rings. The van der Waals surface area contributed by atoms with E-state index in [0.717, 1.165) is 27.5 Å². The fourth-order valence-corrected chi connectivity index (χ4v) is 10.3. The van der Waals surface area contributed by atoms with Crippen molar-refractivity contribution in [2.45, 2.75) is 0 Å². The molecule has 0 radical (unpaired) electrons. The first-order valence-electron chi connectivity index (χ1n) is 18.5. The van der Waals surface area contributed by atoms with Crippen LogP contribution in [0.3, 0.4) is 0 Å². The second kappa shape index (κ2) is 11.4. The van der Waals surface area contributed by atoms with Crippen LogP contribution in [0.15, 0.2) is 186 Å². The van der Waals surface area contributed by atoms with Gasteiger partial charge in [0.25, 0.3) is 0 Å². The highest BCUT2D eigenvalue weighted by Gasteiger charge is 2.23. The number of furan rings is 1. The van der Waals surface area contributed by atoms with Crippen molar-refractivity contribution in [1.29, 1.82) is 0 Å². The number of rotatable bonds is 3. The topological polar surface area (TPSA) is 13.1 Å². The second-order valence-corrected chi connectivity index (χ2v) is 15.4. The molecule has 2 heterocycles. The summed E-state index contributed by atoms with van der Waals surface area (Å²) >= 11 is 1.86. The Hall–Kier alpha value is -6.74. The lowest BCUT2D eigenvalue weighted by Gasteiger charge is -2.20. The maximum absolute atomic E-state index is 6.77. The Morgan fingerprint density at radius 2 is 0.870 bits per heavy atom. The predicted molar refractivity (Wildman–Crippen MR) is 233 cm³/mol. The predicted octanol–water partition coefficient (Wildman–Crippen LogP) is 15.6. The van der Waals surface area contributed by atoms with Crippen molar-refractivity contribution in [2.75, 3.05) is 0 Å². The van der Waals surface area contributed by atoms with Crippen molar-refractivity contribution >= 4 is 96.5 Å². The van der Waals surface area contributed by atoms with Crippen LogP contribution in [-0.4, -0.2) is 0 Å². The fourth-order valence-electron chi connectivity index (χ4n) is 9.19. The van der Waals surface area contributed by atoms with Gasteiger partial charge in [-0.1, -0.05) is 146 Å². The van der Waals surface area contributed by atoms with Gasteiger partial charge >= 0.3 is 0 Å². The van der Waals surface area contributed by atoms with E-state index in [1.54, 1.807) is 0 Å². The van der Waals surface area contributed by atoms with E-state index in [-0.39, 0.29) is 0 Å². The van der Waals surface area contributed by atoms with Crippen molar-refractivity contribution in [3.8, 4) is 33.4 Å². The Morgan fingerprint density at radius 1 is 0.315 bits per heavy atom. The molecule has 250 valence electrons. The maximum atomic E-state index is 6.77. The number of thiophene rings is 1. The van der Waals surface area contributed by atoms with Crippen molar-refractivity contribution in [2.24, 2.45) is 0 Å². The van der Waals surface area contributed by atoms with Gasteiger partial charge in [0.05, 0.1) is 0 Å². The molecular weight excluding hydrogens is 673 g/mol. The van der Waals surface area contributed by atoms with E-state index in [4.69, 9.17) is 4.42 Å². The van der Waals surface area contributed by atoms with Crippen LogP contribution >= 0.6 is 11.3 Å². The summed E-state index contributed by atoms with van der Waals surface area (Å²) in [5.41, 5.74) is 9.13. The van der Waals surface area contributed by atoms with Gasteiger partial charge in [-0.3, -0.25) is 0 Å². The third-order valence-corrected chi connectivity index (χ3v) is 12.6. The molecule has 1 nitrogen and oxygen atoms in total. The summed E-state index contributed by atoms with van der Waals surface area (Å²) in [6.45, 7) is 0. The number of fused-ring (bicyclic) bond motifs is 11. The molecule has 2 aromatic heterocycles. The number of hydrogen-bond donors (Lipinski definition) is 0. The SMILES string of the molecule is c1ccc2c(c1)cc(-c1c3ccccc3c(-c3cc(-c4cccc5sc6ccccc6c45)cc4oc5ccccc5c34)c3ccccc13)c1ccccc12. The summed E-state index contributed by atoms with van der Waals surface area (Å²) in [6, 6.07) is 66.8. The fraction of sp³-hybridized carbons (Fsp3) is 0. The van der Waals surface area contributed by atoms with Gasteiger partial charge in [0.15, 0.2) is 0 Å². The first-order chi connectivity index (χ1) is 26.8. The third-order valence-electron chi connectivity index (χ3n) is 11.4. The molecule has 0 aliphatic carbocycles. The summed E-state index contributed by atoms with van der Waals surface area (Å²) < 4.78 is 9.37. The molecule has 0 fully saturated rings. The average Bonchev–Trinajstić information content (AvgIpc) is 3.81. The Bertz CT molecular complexity index is 3450. The van der Waals surface area contributed by atoms with Gasteiger partial charge in [-0.05, 0) is 113 Å². The zero-order valence-electron chi connectivity index (χ0n) is 29.1. The van der Waals surface area contributed by atoms with Crippen LogP contribution in [0, 0.1) is 0 Å². The quantitative estimate of drug-likeness (QED) is 0.132. The lowest BCUT2D eigenvalue weighted by molar-refractivity contribution is 0.669. The maximum Gasteiger partial charge on any atom is 0.136 e. The van der Waals surface area contributed by atoms with E-state index in [2.05, 4.69) is 182 Å². The minimum atomic E-state index is 0.901. The van der Waals surface area contributed by atoms with E-state index in [1.165, 1.54) is 91.1 Å². The highest BCUT2D eigenvalue weighted by atomic mass is 32.1. The molecule has 0 unspecified atom stereocenters. The van der Waals surface area contributed by atoms with Crippen LogP contribution in [0.5, 0.6) is 0 Å². The number of para-hydroxylation sites is 1. The Labute approximate surface area is 314 Å². The molecule has 12 rings (SSSR count). The van der Waals surface area contributed by atoms with Crippen LogP contribution < -0.4 is 0 Å². The molecule has 2 heteroatoms. The van der Waals surface area contributed by atoms with E-state index < -0.39 is 0 Å². The van der Waals surface area contributed by atoms with Gasteiger partial charge in [0.2, 0.25) is 0 Å². The van der Waals surface area contributed by atoms with Crippen LogP contribution in [0.1, 0.15) is 0 Å². The highest BCUT2D eigenvalue weighted by Crippen LogP contribution is 2.50. The smallest absolute Gasteiger partial charge is 0.136 e. The zero-order chi connectivity index (χ0) is 35.3. The van der Waals surface area contributed by atoms with Gasteiger partial charge in [0.1, 0.15) is 11.2 Å². The van der Waals surface area contributed by atoms with Crippen LogP contribution in [-0.2, 0) is 0 Å². The summed E-state index contributed by atoms with van der Waals surface area (Å²) in [5.74, 6) is 0. The molecule has 10 aromatic carbocycles. The second-order valence-electron chi connectivity index (χ2n) is 14.3. The molecule has 0 bridgehead atoms. The zero-order valence-corrected chi connectivity index (χ0v) is 30.0. The molecule has 0 saturated carbocycles. The Morgan fingerprint density at radius 3 is 1.61 bits per heavy atom. The highest BCUT2D eigenvalue weighted by molar-refractivity contribution is 7.25. The molecule has 0 atom stereocenters. The first-order valence-corrected chi connectivity index (χ1v) is 19.3. The molecular formula is C52H30OS. The summed E-state index contributed by atoms with van der Waals surface area (Å²) in [7, 11) is 0. The van der Waals surface area contributed by atoms with E-state index in [9.17, 15) is 0 Å². The van der Waals surface area contributed by atoms with Gasteiger partial charge in [-0.25, -0.2) is 0 Å². The molecule has 0 saturated heterocycles. The van der Waals surface area contributed by atoms with Crippen molar-refractivity contribution in [3.63, 3.8) is 0 Å².